The summed E-state index contributed by atoms with van der Waals surface area (Å²) in [5.74, 6) is -2.22. The molecule has 0 aliphatic carbocycles. The largest absolute Gasteiger partial charge is 0.396 e. The van der Waals surface area contributed by atoms with E-state index >= 15 is 0 Å². The van der Waals surface area contributed by atoms with Crippen molar-refractivity contribution in [3.05, 3.63) is 29.1 Å². The second kappa shape index (κ2) is 6.58. The smallest absolute Gasteiger partial charge is 0.257 e. The Kier molecular flexibility index (Phi) is 4.35. The summed E-state index contributed by atoms with van der Waals surface area (Å²) in [4.78, 5) is 38.9. The van der Waals surface area contributed by atoms with Crippen LogP contribution in [0.5, 0.6) is 0 Å². The fourth-order valence-corrected chi connectivity index (χ4v) is 4.08. The average molecular weight is 377 g/mol. The molecular formula is C18H20FN3O5. The Morgan fingerprint density at radius 3 is 2.67 bits per heavy atom. The first kappa shape index (κ1) is 17.9. The van der Waals surface area contributed by atoms with Gasteiger partial charge in [-0.05, 0) is 25.0 Å². The normalized spacial score (nSPS) is 28.0. The first-order valence-electron chi connectivity index (χ1n) is 8.94. The third-order valence-electron chi connectivity index (χ3n) is 5.56. The van der Waals surface area contributed by atoms with E-state index < -0.39 is 35.8 Å². The molecule has 0 radical (unpaired) electrons. The molecule has 0 aromatic heterocycles. The van der Waals surface area contributed by atoms with E-state index in [9.17, 15) is 29.0 Å². The number of hydrogen-bond donors (Lipinski definition) is 3. The lowest BCUT2D eigenvalue weighted by Gasteiger charge is -2.31. The van der Waals surface area contributed by atoms with Crippen molar-refractivity contribution in [1.82, 2.24) is 10.2 Å². The van der Waals surface area contributed by atoms with Crippen molar-refractivity contribution < 1.29 is 29.0 Å². The molecule has 0 spiro atoms. The van der Waals surface area contributed by atoms with Crippen molar-refractivity contribution in [2.75, 3.05) is 24.6 Å². The molecule has 2 fully saturated rings. The van der Waals surface area contributed by atoms with Crippen molar-refractivity contribution in [2.45, 2.75) is 31.5 Å². The maximum absolute atomic E-state index is 14.6. The Bertz CT molecular complexity index is 829. The van der Waals surface area contributed by atoms with E-state index in [-0.39, 0.29) is 42.2 Å². The van der Waals surface area contributed by atoms with Gasteiger partial charge >= 0.3 is 0 Å². The summed E-state index contributed by atoms with van der Waals surface area (Å²) in [6.45, 7) is 1.09. The highest BCUT2D eigenvalue weighted by molar-refractivity contribution is 6.05. The lowest BCUT2D eigenvalue weighted by molar-refractivity contribution is -0.139. The van der Waals surface area contributed by atoms with Gasteiger partial charge in [0, 0.05) is 37.6 Å². The molecule has 2 unspecified atom stereocenters. The predicted molar refractivity (Wildman–Crippen MR) is 91.1 cm³/mol. The Balaban J connectivity index is 1.64. The van der Waals surface area contributed by atoms with Crippen LogP contribution in [0.3, 0.4) is 0 Å². The number of nitrogens with zero attached hydrogens (tertiary/aromatic N) is 2. The number of carbonyl (C=O) groups excluding carboxylic acids is 3. The van der Waals surface area contributed by atoms with Gasteiger partial charge in [0.25, 0.3) is 5.91 Å². The molecule has 2 saturated heterocycles. The van der Waals surface area contributed by atoms with Gasteiger partial charge in [0.2, 0.25) is 11.8 Å². The Morgan fingerprint density at radius 1 is 1.22 bits per heavy atom. The monoisotopic (exact) mass is 377 g/mol. The molecule has 0 bridgehead atoms. The highest BCUT2D eigenvalue weighted by Gasteiger charge is 2.45. The van der Waals surface area contributed by atoms with Gasteiger partial charge in [-0.15, -0.1) is 0 Å². The fraction of sp³-hybridized carbons (Fsp3) is 0.500. The Morgan fingerprint density at radius 2 is 2.00 bits per heavy atom. The van der Waals surface area contributed by atoms with Crippen LogP contribution in [0.4, 0.5) is 10.1 Å². The molecule has 1 aromatic rings. The van der Waals surface area contributed by atoms with E-state index in [1.807, 2.05) is 0 Å². The summed E-state index contributed by atoms with van der Waals surface area (Å²) in [5, 5.41) is 22.1. The van der Waals surface area contributed by atoms with Gasteiger partial charge in [0.15, 0.2) is 6.23 Å². The second-order valence-corrected chi connectivity index (χ2v) is 7.23. The lowest BCUT2D eigenvalue weighted by Crippen LogP contribution is -2.53. The molecule has 3 heterocycles. The fourth-order valence-electron chi connectivity index (χ4n) is 4.08. The van der Waals surface area contributed by atoms with Crippen LogP contribution in [-0.4, -0.2) is 58.6 Å². The Hall–Kier alpha value is -2.52. The number of aliphatic hydroxyl groups excluding tert-OH is 2. The molecule has 3 aliphatic heterocycles. The number of amides is 3. The van der Waals surface area contributed by atoms with Crippen LogP contribution in [-0.2, 0) is 9.59 Å². The number of carbonyl (C=O) groups is 3. The van der Waals surface area contributed by atoms with Gasteiger partial charge in [0.1, 0.15) is 11.9 Å². The number of fused-ring (bicyclic) bond motifs is 1. The molecule has 8 nitrogen and oxygen atoms in total. The molecule has 3 N–H and O–H groups in total. The van der Waals surface area contributed by atoms with Crippen LogP contribution < -0.4 is 10.2 Å². The third-order valence-corrected chi connectivity index (χ3v) is 5.56. The van der Waals surface area contributed by atoms with Gasteiger partial charge in [-0.1, -0.05) is 0 Å². The highest BCUT2D eigenvalue weighted by atomic mass is 19.1. The number of hydrogen-bond acceptors (Lipinski definition) is 6. The summed E-state index contributed by atoms with van der Waals surface area (Å²) in [5.41, 5.74) is 0.529. The maximum Gasteiger partial charge on any atom is 0.257 e. The van der Waals surface area contributed by atoms with Crippen molar-refractivity contribution >= 4 is 23.4 Å². The number of benzene rings is 1. The zero-order valence-corrected chi connectivity index (χ0v) is 14.5. The molecule has 144 valence electrons. The third kappa shape index (κ3) is 2.87. The molecule has 3 atom stereocenters. The summed E-state index contributed by atoms with van der Waals surface area (Å²) < 4.78 is 14.6. The van der Waals surface area contributed by atoms with Crippen LogP contribution in [0.25, 0.3) is 0 Å². The molecule has 4 rings (SSSR count). The van der Waals surface area contributed by atoms with E-state index in [0.717, 1.165) is 17.4 Å². The highest BCUT2D eigenvalue weighted by Crippen LogP contribution is 2.39. The van der Waals surface area contributed by atoms with Gasteiger partial charge in [0.05, 0.1) is 11.3 Å². The van der Waals surface area contributed by atoms with Crippen molar-refractivity contribution in [3.63, 3.8) is 0 Å². The van der Waals surface area contributed by atoms with E-state index in [1.165, 1.54) is 6.07 Å². The maximum atomic E-state index is 14.6. The van der Waals surface area contributed by atoms with Crippen LogP contribution in [0, 0.1) is 11.7 Å². The number of anilines is 1. The van der Waals surface area contributed by atoms with Crippen LogP contribution in [0.15, 0.2) is 12.1 Å². The minimum atomic E-state index is -1.38. The van der Waals surface area contributed by atoms with Crippen molar-refractivity contribution in [3.8, 4) is 0 Å². The zero-order valence-electron chi connectivity index (χ0n) is 14.5. The number of halogens is 1. The van der Waals surface area contributed by atoms with Crippen LogP contribution >= 0.6 is 0 Å². The van der Waals surface area contributed by atoms with Gasteiger partial charge in [-0.25, -0.2) is 4.39 Å². The first-order valence-corrected chi connectivity index (χ1v) is 8.94. The SMILES string of the molecule is O=C1CCC(N2C(=O)c3cc(F)c(N4CC[C@@H](CO)C4)cc3C2O)C(=O)N1. The topological polar surface area (TPSA) is 110 Å². The van der Waals surface area contributed by atoms with E-state index in [2.05, 4.69) is 5.32 Å². The van der Waals surface area contributed by atoms with Gasteiger partial charge < -0.3 is 15.1 Å². The van der Waals surface area contributed by atoms with Crippen molar-refractivity contribution in [1.29, 1.82) is 0 Å². The predicted octanol–water partition coefficient (Wildman–Crippen LogP) is -0.104. The summed E-state index contributed by atoms with van der Waals surface area (Å²) in [7, 11) is 0. The number of aliphatic hydroxyl groups is 2. The number of piperidine rings is 1. The summed E-state index contributed by atoms with van der Waals surface area (Å²) in [6.07, 6.45) is -0.468. The lowest BCUT2D eigenvalue weighted by atomic mass is 10.0. The first-order chi connectivity index (χ1) is 12.9. The minimum absolute atomic E-state index is 0.0198. The van der Waals surface area contributed by atoms with Crippen LogP contribution in [0.2, 0.25) is 0 Å². The standard InChI is InChI=1S/C18H20FN3O5/c19-12-5-10-11(6-14(12)21-4-3-9(7-21)8-23)18(27)22(17(10)26)13-1-2-15(24)20-16(13)25/h5-6,9,13,18,23,27H,1-4,7-8H2,(H,20,24,25)/t9-,13?,18?/m1/s1. The molecular weight excluding hydrogens is 357 g/mol. The number of imide groups is 1. The summed E-state index contributed by atoms with van der Waals surface area (Å²) >= 11 is 0. The summed E-state index contributed by atoms with van der Waals surface area (Å²) in [6, 6.07) is 1.56. The number of nitrogens with one attached hydrogen (secondary N) is 1. The molecule has 27 heavy (non-hydrogen) atoms. The zero-order chi connectivity index (χ0) is 19.3. The molecule has 3 amide bonds. The quantitative estimate of drug-likeness (QED) is 0.635. The minimum Gasteiger partial charge on any atom is -0.396 e. The Labute approximate surface area is 154 Å². The van der Waals surface area contributed by atoms with E-state index in [4.69, 9.17) is 0 Å². The van der Waals surface area contributed by atoms with Crippen LogP contribution in [0.1, 0.15) is 41.4 Å². The average Bonchev–Trinajstić information content (AvgIpc) is 3.19. The molecule has 3 aliphatic rings. The van der Waals surface area contributed by atoms with Gasteiger partial charge in [-0.3, -0.25) is 24.6 Å². The van der Waals surface area contributed by atoms with Gasteiger partial charge in [-0.2, -0.15) is 0 Å². The second-order valence-electron chi connectivity index (χ2n) is 7.23. The molecule has 9 heteroatoms. The van der Waals surface area contributed by atoms with E-state index in [1.54, 1.807) is 4.90 Å². The van der Waals surface area contributed by atoms with Crippen molar-refractivity contribution in [2.24, 2.45) is 5.92 Å². The number of rotatable bonds is 3. The van der Waals surface area contributed by atoms with E-state index in [0.29, 0.717) is 13.1 Å². The molecule has 0 saturated carbocycles. The molecule has 1 aromatic carbocycles.